The van der Waals surface area contributed by atoms with E-state index in [9.17, 15) is 18.7 Å². The maximum absolute atomic E-state index is 13.1. The Labute approximate surface area is 204 Å². The van der Waals surface area contributed by atoms with E-state index in [0.717, 1.165) is 4.90 Å². The molecular formula is C23H24F2N6O3S. The second kappa shape index (κ2) is 10.0. The number of Topliss-reactive ketones (excluding diaryl/α,β-unsaturated/α-hetero) is 1. The summed E-state index contributed by atoms with van der Waals surface area (Å²) < 4.78 is 34.0. The number of hydrogen-bond donors (Lipinski definition) is 2. The van der Waals surface area contributed by atoms with Crippen molar-refractivity contribution in [3.05, 3.63) is 54.6 Å². The van der Waals surface area contributed by atoms with Crippen LogP contribution in [-0.2, 0) is 6.54 Å². The topological polar surface area (TPSA) is 107 Å². The molecule has 3 aromatic heterocycles. The van der Waals surface area contributed by atoms with E-state index in [-0.39, 0.29) is 24.6 Å². The largest absolute Gasteiger partial charge is 0.434 e. The molecule has 0 amide bonds. The van der Waals surface area contributed by atoms with Crippen LogP contribution in [0.5, 0.6) is 5.75 Å². The first-order chi connectivity index (χ1) is 16.6. The highest BCUT2D eigenvalue weighted by Crippen LogP contribution is 2.37. The molecule has 0 saturated carbocycles. The average Bonchev–Trinajstić information content (AvgIpc) is 3.40. The minimum atomic E-state index is -3.02. The maximum atomic E-state index is 13.1. The van der Waals surface area contributed by atoms with Gasteiger partial charge in [-0.15, -0.1) is 11.8 Å². The van der Waals surface area contributed by atoms with Gasteiger partial charge in [0.2, 0.25) is 0 Å². The molecule has 0 aliphatic carbocycles. The van der Waals surface area contributed by atoms with Gasteiger partial charge in [-0.1, -0.05) is 0 Å². The van der Waals surface area contributed by atoms with Crippen molar-refractivity contribution in [2.45, 2.75) is 37.5 Å². The highest BCUT2D eigenvalue weighted by atomic mass is 32.2. The molecule has 12 heteroatoms. The van der Waals surface area contributed by atoms with E-state index in [1.807, 2.05) is 6.26 Å². The molecule has 35 heavy (non-hydrogen) atoms. The number of halogens is 2. The fourth-order valence-corrected chi connectivity index (χ4v) is 3.98. The van der Waals surface area contributed by atoms with Crippen molar-refractivity contribution >= 4 is 28.9 Å². The molecule has 0 saturated heterocycles. The van der Waals surface area contributed by atoms with Crippen molar-refractivity contribution < 1.29 is 23.4 Å². The predicted octanol–water partition coefficient (Wildman–Crippen LogP) is 3.98. The Kier molecular flexibility index (Phi) is 7.03. The molecule has 1 aromatic carbocycles. The number of ether oxygens (including phenoxy) is 1. The van der Waals surface area contributed by atoms with Crippen LogP contribution in [0.3, 0.4) is 0 Å². The number of hydrogen-bond acceptors (Lipinski definition) is 8. The van der Waals surface area contributed by atoms with Crippen molar-refractivity contribution in [2.24, 2.45) is 0 Å². The summed E-state index contributed by atoms with van der Waals surface area (Å²) in [4.78, 5) is 18.0. The van der Waals surface area contributed by atoms with Gasteiger partial charge < -0.3 is 15.2 Å². The molecule has 184 valence electrons. The lowest BCUT2D eigenvalue weighted by molar-refractivity contribution is -0.0494. The first-order valence-corrected chi connectivity index (χ1v) is 11.9. The third-order valence-corrected chi connectivity index (χ3v) is 5.71. The number of ketones is 1. The van der Waals surface area contributed by atoms with Crippen molar-refractivity contribution in [3.8, 4) is 17.0 Å². The van der Waals surface area contributed by atoms with Gasteiger partial charge >= 0.3 is 6.61 Å². The number of anilines is 1. The summed E-state index contributed by atoms with van der Waals surface area (Å²) >= 11 is 1.44. The molecule has 0 spiro atoms. The maximum Gasteiger partial charge on any atom is 0.387 e. The third kappa shape index (κ3) is 5.77. The zero-order chi connectivity index (χ0) is 25.2. The monoisotopic (exact) mass is 502 g/mol. The minimum absolute atomic E-state index is 0.0486. The standard InChI is InChI=1S/C23H24F2N6O3S/c1-23(2,33)13-30-12-17(27-11-18(32)16-10-28-31-8-4-7-26-21(16)31)20(29-30)15-9-14(35-3)5-6-19(15)34-22(24)25/h4-10,12,22,27,33H,11,13H2,1-3H3. The smallest absolute Gasteiger partial charge is 0.387 e. The zero-order valence-electron chi connectivity index (χ0n) is 19.3. The van der Waals surface area contributed by atoms with Gasteiger partial charge in [-0.05, 0) is 44.4 Å². The van der Waals surface area contributed by atoms with Crippen molar-refractivity contribution in [1.29, 1.82) is 0 Å². The highest BCUT2D eigenvalue weighted by molar-refractivity contribution is 7.98. The normalized spacial score (nSPS) is 11.9. The predicted molar refractivity (Wildman–Crippen MR) is 128 cm³/mol. The third-order valence-electron chi connectivity index (χ3n) is 4.99. The summed E-state index contributed by atoms with van der Waals surface area (Å²) in [5, 5.41) is 22.0. The Bertz CT molecular complexity index is 1350. The molecule has 4 rings (SSSR count). The van der Waals surface area contributed by atoms with Crippen molar-refractivity contribution in [1.82, 2.24) is 24.4 Å². The zero-order valence-corrected chi connectivity index (χ0v) is 20.1. The van der Waals surface area contributed by atoms with E-state index in [4.69, 9.17) is 4.74 Å². The molecule has 0 fully saturated rings. The van der Waals surface area contributed by atoms with E-state index >= 15 is 0 Å². The average molecular weight is 503 g/mol. The number of thioether (sulfide) groups is 1. The number of fused-ring (bicyclic) bond motifs is 1. The first kappa shape index (κ1) is 24.6. The van der Waals surface area contributed by atoms with Gasteiger partial charge in [-0.2, -0.15) is 19.0 Å². The van der Waals surface area contributed by atoms with Gasteiger partial charge in [0.25, 0.3) is 0 Å². The molecule has 0 unspecified atom stereocenters. The molecule has 0 bridgehead atoms. The van der Waals surface area contributed by atoms with E-state index < -0.39 is 12.2 Å². The van der Waals surface area contributed by atoms with Crippen molar-refractivity contribution in [2.75, 3.05) is 18.1 Å². The number of nitrogens with one attached hydrogen (secondary N) is 1. The number of carbonyl (C=O) groups is 1. The Balaban J connectivity index is 1.70. The number of alkyl halides is 2. The summed E-state index contributed by atoms with van der Waals surface area (Å²) in [6.45, 7) is 0.257. The van der Waals surface area contributed by atoms with Gasteiger partial charge in [0.1, 0.15) is 11.4 Å². The Hall–Kier alpha value is -3.51. The molecule has 0 radical (unpaired) electrons. The van der Waals surface area contributed by atoms with Crippen LogP contribution < -0.4 is 10.1 Å². The Morgan fingerprint density at radius 3 is 2.86 bits per heavy atom. The summed E-state index contributed by atoms with van der Waals surface area (Å²) in [5.41, 5.74) is 0.755. The number of carbonyl (C=O) groups excluding carboxylic acids is 1. The lowest BCUT2D eigenvalue weighted by atomic mass is 10.1. The summed E-state index contributed by atoms with van der Waals surface area (Å²) in [6, 6.07) is 6.54. The van der Waals surface area contributed by atoms with Crippen LogP contribution in [0.4, 0.5) is 14.5 Å². The fourth-order valence-electron chi connectivity index (χ4n) is 3.54. The molecular weight excluding hydrogens is 478 g/mol. The van der Waals surface area contributed by atoms with Crippen LogP contribution in [0.25, 0.3) is 16.9 Å². The number of nitrogens with zero attached hydrogens (tertiary/aromatic N) is 5. The molecule has 0 aliphatic rings. The van der Waals surface area contributed by atoms with Gasteiger partial charge in [0.15, 0.2) is 11.4 Å². The second-order valence-corrected chi connectivity index (χ2v) is 9.24. The van der Waals surface area contributed by atoms with Gasteiger partial charge in [-0.3, -0.25) is 9.48 Å². The molecule has 0 atom stereocenters. The van der Waals surface area contributed by atoms with Gasteiger partial charge in [0.05, 0.1) is 36.1 Å². The SMILES string of the molecule is CSc1ccc(OC(F)F)c(-c2nn(CC(C)(C)O)cc2NCC(=O)c2cnn3cccnc23)c1. The van der Waals surface area contributed by atoms with E-state index in [0.29, 0.717) is 28.2 Å². The highest BCUT2D eigenvalue weighted by Gasteiger charge is 2.22. The Morgan fingerprint density at radius 2 is 2.14 bits per heavy atom. The number of rotatable bonds is 10. The van der Waals surface area contributed by atoms with E-state index in [2.05, 4.69) is 20.5 Å². The van der Waals surface area contributed by atoms with Gasteiger partial charge in [-0.25, -0.2) is 9.50 Å². The fraction of sp³-hybridized carbons (Fsp3) is 0.304. The molecule has 9 nitrogen and oxygen atoms in total. The lowest BCUT2D eigenvalue weighted by Gasteiger charge is -2.16. The van der Waals surface area contributed by atoms with Crippen LogP contribution in [0.2, 0.25) is 0 Å². The van der Waals surface area contributed by atoms with Crippen molar-refractivity contribution in [3.63, 3.8) is 0 Å². The van der Waals surface area contributed by atoms with Crippen LogP contribution in [0.15, 0.2) is 53.9 Å². The van der Waals surface area contributed by atoms with E-state index in [1.165, 1.54) is 33.2 Å². The second-order valence-electron chi connectivity index (χ2n) is 8.36. The quantitative estimate of drug-likeness (QED) is 0.248. The van der Waals surface area contributed by atoms with E-state index in [1.54, 1.807) is 50.6 Å². The number of aliphatic hydroxyl groups is 1. The number of aromatic nitrogens is 5. The van der Waals surface area contributed by atoms with Crippen LogP contribution in [0, 0.1) is 0 Å². The van der Waals surface area contributed by atoms with Gasteiger partial charge in [0, 0.05) is 29.0 Å². The summed E-state index contributed by atoms with van der Waals surface area (Å²) in [7, 11) is 0. The van der Waals surface area contributed by atoms with Crippen LogP contribution in [-0.4, -0.2) is 60.3 Å². The molecule has 4 aromatic rings. The summed E-state index contributed by atoms with van der Waals surface area (Å²) in [5.74, 6) is -0.311. The minimum Gasteiger partial charge on any atom is -0.434 e. The molecule has 2 N–H and O–H groups in total. The van der Waals surface area contributed by atoms with Crippen LogP contribution >= 0.6 is 11.8 Å². The molecule has 3 heterocycles. The van der Waals surface area contributed by atoms with Crippen LogP contribution in [0.1, 0.15) is 24.2 Å². The summed E-state index contributed by atoms with van der Waals surface area (Å²) in [6.07, 6.45) is 8.19. The first-order valence-electron chi connectivity index (χ1n) is 10.6. The lowest BCUT2D eigenvalue weighted by Crippen LogP contribution is -2.26. The number of benzene rings is 1. The Morgan fingerprint density at radius 1 is 1.34 bits per heavy atom. The molecule has 0 aliphatic heterocycles.